The van der Waals surface area contributed by atoms with E-state index < -0.39 is 10.0 Å². The molecule has 1 aromatic carbocycles. The van der Waals surface area contributed by atoms with E-state index in [0.29, 0.717) is 38.1 Å². The number of fused-ring (bicyclic) bond motifs is 1. The molecule has 2 aromatic heterocycles. The molecule has 1 atom stereocenters. The van der Waals surface area contributed by atoms with Gasteiger partial charge < -0.3 is 9.80 Å². The van der Waals surface area contributed by atoms with E-state index in [2.05, 4.69) is 25.1 Å². The lowest BCUT2D eigenvalue weighted by Gasteiger charge is -2.37. The molecule has 1 amide bonds. The normalized spacial score (nSPS) is 20.2. The van der Waals surface area contributed by atoms with Crippen LogP contribution in [0.25, 0.3) is 10.9 Å². The number of hydrogen-bond donors (Lipinski definition) is 1. The number of carbonyl (C=O) groups is 1. The number of H-pyrrole nitrogens is 1. The van der Waals surface area contributed by atoms with Crippen LogP contribution in [0.3, 0.4) is 0 Å². The summed E-state index contributed by atoms with van der Waals surface area (Å²) in [6, 6.07) is 6.47. The lowest BCUT2D eigenvalue weighted by atomic mass is 10.1. The van der Waals surface area contributed by atoms with Gasteiger partial charge in [-0.1, -0.05) is 0 Å². The number of nitrogens with one attached hydrogen (secondary N) is 1. The molecule has 4 heterocycles. The number of hydrogen-bond acceptors (Lipinski definition) is 7. The van der Waals surface area contributed by atoms with Crippen molar-refractivity contribution in [2.75, 3.05) is 44.2 Å². The number of pyridine rings is 1. The average Bonchev–Trinajstić information content (AvgIpc) is 3.51. The van der Waals surface area contributed by atoms with Crippen molar-refractivity contribution >= 4 is 32.5 Å². The highest BCUT2D eigenvalue weighted by Gasteiger charge is 2.39. The molecule has 10 nitrogen and oxygen atoms in total. The molecule has 168 valence electrons. The maximum absolute atomic E-state index is 13.5. The Balaban J connectivity index is 1.23. The third kappa shape index (κ3) is 3.69. The summed E-state index contributed by atoms with van der Waals surface area (Å²) < 4.78 is 40.0. The molecule has 3 aromatic rings. The molecule has 0 radical (unpaired) electrons. The molecular formula is C20H22FN7O3S. The Labute approximate surface area is 184 Å². The summed E-state index contributed by atoms with van der Waals surface area (Å²) in [7, 11) is -3.77. The summed E-state index contributed by atoms with van der Waals surface area (Å²) in [5.41, 5.74) is 1.56. The first kappa shape index (κ1) is 20.8. The van der Waals surface area contributed by atoms with Crippen LogP contribution in [-0.2, 0) is 14.8 Å². The van der Waals surface area contributed by atoms with Gasteiger partial charge in [0, 0.05) is 62.6 Å². The van der Waals surface area contributed by atoms with Gasteiger partial charge in [0.2, 0.25) is 5.91 Å². The van der Waals surface area contributed by atoms with Crippen LogP contribution in [-0.4, -0.2) is 83.0 Å². The van der Waals surface area contributed by atoms with Crippen LogP contribution in [0.2, 0.25) is 0 Å². The van der Waals surface area contributed by atoms with Crippen molar-refractivity contribution in [3.63, 3.8) is 0 Å². The van der Waals surface area contributed by atoms with Gasteiger partial charge in [-0.15, -0.1) is 0 Å². The number of sulfonamides is 1. The zero-order valence-electron chi connectivity index (χ0n) is 17.2. The quantitative estimate of drug-likeness (QED) is 0.615. The van der Waals surface area contributed by atoms with E-state index in [1.165, 1.54) is 16.4 Å². The molecule has 0 unspecified atom stereocenters. The van der Waals surface area contributed by atoms with Crippen LogP contribution in [0, 0.1) is 11.7 Å². The van der Waals surface area contributed by atoms with E-state index in [9.17, 15) is 17.6 Å². The first-order chi connectivity index (χ1) is 15.4. The van der Waals surface area contributed by atoms with Gasteiger partial charge >= 0.3 is 0 Å². The largest absolute Gasteiger partial charge is 0.367 e. The Bertz CT molecular complexity index is 1240. The fraction of sp³-hybridized carbons (Fsp3) is 0.400. The highest BCUT2D eigenvalue weighted by Crippen LogP contribution is 2.28. The molecule has 12 heteroatoms. The molecule has 0 bridgehead atoms. The molecule has 0 saturated carbocycles. The van der Waals surface area contributed by atoms with Crippen molar-refractivity contribution in [1.29, 1.82) is 0 Å². The third-order valence-corrected chi connectivity index (χ3v) is 7.79. The van der Waals surface area contributed by atoms with Gasteiger partial charge in [0.25, 0.3) is 15.2 Å². The molecule has 2 aliphatic rings. The van der Waals surface area contributed by atoms with Crippen molar-refractivity contribution in [2.24, 2.45) is 5.92 Å². The fourth-order valence-electron chi connectivity index (χ4n) is 4.40. The second kappa shape index (κ2) is 8.10. The Hall–Kier alpha value is -3.12. The number of rotatable bonds is 4. The van der Waals surface area contributed by atoms with Crippen molar-refractivity contribution in [2.45, 2.75) is 11.6 Å². The molecule has 32 heavy (non-hydrogen) atoms. The third-order valence-electron chi connectivity index (χ3n) is 6.09. The van der Waals surface area contributed by atoms with E-state index in [4.69, 9.17) is 0 Å². The van der Waals surface area contributed by atoms with Crippen LogP contribution in [0.1, 0.15) is 6.42 Å². The summed E-state index contributed by atoms with van der Waals surface area (Å²) in [6.07, 6.45) is 3.29. The maximum Gasteiger partial charge on any atom is 0.278 e. The number of benzene rings is 1. The first-order valence-electron chi connectivity index (χ1n) is 10.4. The van der Waals surface area contributed by atoms with Gasteiger partial charge in [0.05, 0.1) is 11.4 Å². The minimum atomic E-state index is -3.77. The Kier molecular flexibility index (Phi) is 5.25. The zero-order valence-corrected chi connectivity index (χ0v) is 18.0. The topological polar surface area (TPSA) is 115 Å². The van der Waals surface area contributed by atoms with Gasteiger partial charge in [-0.2, -0.15) is 9.40 Å². The van der Waals surface area contributed by atoms with Crippen molar-refractivity contribution in [1.82, 2.24) is 29.4 Å². The monoisotopic (exact) mass is 459 g/mol. The minimum absolute atomic E-state index is 0.0263. The molecule has 2 aliphatic heterocycles. The van der Waals surface area contributed by atoms with Crippen LogP contribution >= 0.6 is 0 Å². The molecular weight excluding hydrogens is 437 g/mol. The average molecular weight is 460 g/mol. The van der Waals surface area contributed by atoms with Gasteiger partial charge in [0.15, 0.2) is 0 Å². The van der Waals surface area contributed by atoms with Crippen LogP contribution in [0.15, 0.2) is 41.9 Å². The Morgan fingerprint density at radius 2 is 1.91 bits per heavy atom. The standard InChI is InChI=1S/C20H22FN7O3S/c21-15-1-2-16-17(11-15)22-5-3-18(16)26-7-9-27(10-8-26)19(29)14-4-6-28(12-14)32(30,31)20-23-13-24-25-20/h1-3,5,11,13-14H,4,6-10,12H2,(H,23,24,25)/t14-/m0/s1. The summed E-state index contributed by atoms with van der Waals surface area (Å²) in [6.45, 7) is 2.76. The van der Waals surface area contributed by atoms with Crippen LogP contribution in [0.5, 0.6) is 0 Å². The number of piperazine rings is 1. The lowest BCUT2D eigenvalue weighted by Crippen LogP contribution is -2.50. The van der Waals surface area contributed by atoms with Gasteiger partial charge in [-0.05, 0) is 24.6 Å². The van der Waals surface area contributed by atoms with Crippen LogP contribution < -0.4 is 4.90 Å². The number of aromatic amines is 1. The predicted octanol–water partition coefficient (Wildman–Crippen LogP) is 0.851. The van der Waals surface area contributed by atoms with E-state index in [1.807, 2.05) is 6.07 Å². The second-order valence-electron chi connectivity index (χ2n) is 7.94. The van der Waals surface area contributed by atoms with E-state index in [-0.39, 0.29) is 35.9 Å². The van der Waals surface area contributed by atoms with Crippen molar-refractivity contribution in [3.05, 3.63) is 42.6 Å². The summed E-state index contributed by atoms with van der Waals surface area (Å²) in [5.74, 6) is -0.723. The lowest BCUT2D eigenvalue weighted by molar-refractivity contribution is -0.135. The van der Waals surface area contributed by atoms with Gasteiger partial charge in [0.1, 0.15) is 12.1 Å². The number of amides is 1. The summed E-state index contributed by atoms with van der Waals surface area (Å²) >= 11 is 0. The maximum atomic E-state index is 13.5. The Morgan fingerprint density at radius 3 is 2.66 bits per heavy atom. The van der Waals surface area contributed by atoms with E-state index in [1.54, 1.807) is 17.2 Å². The molecule has 0 spiro atoms. The number of anilines is 1. The van der Waals surface area contributed by atoms with E-state index in [0.717, 1.165) is 17.4 Å². The number of halogens is 1. The van der Waals surface area contributed by atoms with Crippen molar-refractivity contribution in [3.8, 4) is 0 Å². The number of aromatic nitrogens is 4. The zero-order chi connectivity index (χ0) is 22.3. The Morgan fingerprint density at radius 1 is 1.09 bits per heavy atom. The molecule has 1 N–H and O–H groups in total. The van der Waals surface area contributed by atoms with E-state index >= 15 is 0 Å². The van der Waals surface area contributed by atoms with Crippen LogP contribution in [0.4, 0.5) is 10.1 Å². The predicted molar refractivity (Wildman–Crippen MR) is 114 cm³/mol. The second-order valence-corrected chi connectivity index (χ2v) is 9.80. The minimum Gasteiger partial charge on any atom is -0.367 e. The smallest absolute Gasteiger partial charge is 0.278 e. The number of carbonyl (C=O) groups excluding carboxylic acids is 1. The van der Waals surface area contributed by atoms with Gasteiger partial charge in [-0.3, -0.25) is 9.78 Å². The molecule has 5 rings (SSSR count). The highest BCUT2D eigenvalue weighted by atomic mass is 32.2. The summed E-state index contributed by atoms with van der Waals surface area (Å²) in [5, 5.41) is 6.65. The molecule has 2 saturated heterocycles. The first-order valence-corrected chi connectivity index (χ1v) is 11.8. The van der Waals surface area contributed by atoms with Crippen molar-refractivity contribution < 1.29 is 17.6 Å². The SMILES string of the molecule is O=C([C@H]1CCN(S(=O)(=O)c2ncn[nH]2)C1)N1CCN(c2ccnc3cc(F)ccc23)CC1. The molecule has 0 aliphatic carbocycles. The summed E-state index contributed by atoms with van der Waals surface area (Å²) in [4.78, 5) is 25.0. The fourth-order valence-corrected chi connectivity index (χ4v) is 5.71. The highest BCUT2D eigenvalue weighted by molar-refractivity contribution is 7.89. The molecule has 2 fully saturated rings. The number of nitrogens with zero attached hydrogens (tertiary/aromatic N) is 6. The van der Waals surface area contributed by atoms with Gasteiger partial charge in [-0.25, -0.2) is 22.9 Å².